The number of aromatic nitrogens is 2. The number of rotatable bonds is 3. The minimum Gasteiger partial charge on any atom is -0.438 e. The highest BCUT2D eigenvalue weighted by atomic mass is 16.3. The summed E-state index contributed by atoms with van der Waals surface area (Å²) in [4.78, 5) is 22.9. The zero-order valence-corrected chi connectivity index (χ0v) is 14.3. The normalized spacial score (nSPS) is 15.6. The number of nitrogens with zero attached hydrogens (tertiary/aromatic N) is 3. The Bertz CT molecular complexity index is 895. The minimum absolute atomic E-state index is 0.0409. The van der Waals surface area contributed by atoms with E-state index >= 15 is 0 Å². The molecule has 1 amide bonds. The maximum absolute atomic E-state index is 12.5. The quantitative estimate of drug-likeness (QED) is 0.733. The van der Waals surface area contributed by atoms with E-state index in [0.29, 0.717) is 17.4 Å². The Morgan fingerprint density at radius 2 is 2.04 bits per heavy atom. The zero-order chi connectivity index (χ0) is 17.2. The Balaban J connectivity index is 1.38. The molecule has 25 heavy (non-hydrogen) atoms. The molecule has 0 aliphatic carbocycles. The molecule has 0 radical (unpaired) electrons. The number of likely N-dealkylation sites (tertiary alicyclic amines) is 1. The molecule has 1 aromatic carbocycles. The van der Waals surface area contributed by atoms with E-state index in [1.165, 1.54) is 17.3 Å². The second kappa shape index (κ2) is 6.67. The second-order valence-corrected chi connectivity index (χ2v) is 6.74. The lowest BCUT2D eigenvalue weighted by Gasteiger charge is -2.31. The van der Waals surface area contributed by atoms with Crippen LogP contribution in [0.5, 0.6) is 0 Å². The molecule has 5 nitrogen and oxygen atoms in total. The lowest BCUT2D eigenvalue weighted by Crippen LogP contribution is -2.39. The first-order valence-electron chi connectivity index (χ1n) is 8.74. The molecule has 1 fully saturated rings. The van der Waals surface area contributed by atoms with Crippen LogP contribution >= 0.6 is 0 Å². The summed E-state index contributed by atoms with van der Waals surface area (Å²) in [6.07, 6.45) is 6.35. The number of fused-ring (bicyclic) bond motifs is 1. The summed E-state index contributed by atoms with van der Waals surface area (Å²) in [7, 11) is 0. The molecule has 0 saturated carbocycles. The van der Waals surface area contributed by atoms with Gasteiger partial charge in [-0.05, 0) is 49.8 Å². The summed E-state index contributed by atoms with van der Waals surface area (Å²) in [5.41, 5.74) is 2.97. The number of carbonyl (C=O) groups excluding carboxylic acids is 1. The molecule has 1 aliphatic rings. The van der Waals surface area contributed by atoms with Gasteiger partial charge in [-0.2, -0.15) is 0 Å². The Hall–Kier alpha value is -2.69. The highest BCUT2D eigenvalue weighted by Crippen LogP contribution is 2.24. The first-order valence-corrected chi connectivity index (χ1v) is 8.74. The first kappa shape index (κ1) is 15.8. The van der Waals surface area contributed by atoms with Gasteiger partial charge in [-0.1, -0.05) is 18.2 Å². The largest absolute Gasteiger partial charge is 0.438 e. The predicted octanol–water partition coefficient (Wildman–Crippen LogP) is 3.63. The van der Waals surface area contributed by atoms with Gasteiger partial charge in [0.2, 0.25) is 5.76 Å². The van der Waals surface area contributed by atoms with Crippen LogP contribution in [0.2, 0.25) is 0 Å². The molecule has 3 aromatic rings. The van der Waals surface area contributed by atoms with Crippen molar-refractivity contribution in [3.05, 3.63) is 59.9 Å². The van der Waals surface area contributed by atoms with E-state index in [9.17, 15) is 4.79 Å². The van der Waals surface area contributed by atoms with Gasteiger partial charge in [0.05, 0.1) is 11.2 Å². The molecule has 5 heteroatoms. The van der Waals surface area contributed by atoms with Crippen LogP contribution in [0.1, 0.15) is 34.7 Å². The van der Waals surface area contributed by atoms with Crippen LogP contribution < -0.4 is 0 Å². The number of hydrogen-bond acceptors (Lipinski definition) is 4. The van der Waals surface area contributed by atoms with Crippen molar-refractivity contribution in [1.82, 2.24) is 14.9 Å². The SMILES string of the molecule is Cc1ncoc1C(=O)N1CCC(Cc2cnc3ccccc3c2)CC1. The number of benzene rings is 1. The second-order valence-electron chi connectivity index (χ2n) is 6.74. The molecule has 1 aliphatic heterocycles. The highest BCUT2D eigenvalue weighted by molar-refractivity contribution is 5.92. The average molecular weight is 335 g/mol. The number of piperidine rings is 1. The number of oxazole rings is 1. The third kappa shape index (κ3) is 3.27. The van der Waals surface area contributed by atoms with Gasteiger partial charge in [-0.15, -0.1) is 0 Å². The van der Waals surface area contributed by atoms with E-state index in [4.69, 9.17) is 4.42 Å². The predicted molar refractivity (Wildman–Crippen MR) is 95.3 cm³/mol. The molecule has 128 valence electrons. The maximum atomic E-state index is 12.5. The minimum atomic E-state index is -0.0409. The van der Waals surface area contributed by atoms with Gasteiger partial charge < -0.3 is 9.32 Å². The van der Waals surface area contributed by atoms with Crippen molar-refractivity contribution in [2.24, 2.45) is 5.92 Å². The van der Waals surface area contributed by atoms with Crippen molar-refractivity contribution in [2.45, 2.75) is 26.2 Å². The van der Waals surface area contributed by atoms with Crippen LogP contribution in [0.4, 0.5) is 0 Å². The number of amides is 1. The maximum Gasteiger partial charge on any atom is 0.291 e. The Morgan fingerprint density at radius 3 is 2.80 bits per heavy atom. The standard InChI is InChI=1S/C20H21N3O2/c1-14-19(25-13-22-14)20(24)23-8-6-15(7-9-23)10-16-11-17-4-2-3-5-18(17)21-12-16/h2-5,11-13,15H,6-10H2,1H3. The summed E-state index contributed by atoms with van der Waals surface area (Å²) < 4.78 is 5.23. The van der Waals surface area contributed by atoms with E-state index in [2.05, 4.69) is 22.1 Å². The Kier molecular flexibility index (Phi) is 4.22. The molecule has 0 unspecified atom stereocenters. The molecule has 0 atom stereocenters. The van der Waals surface area contributed by atoms with Gasteiger partial charge in [-0.25, -0.2) is 4.98 Å². The molecule has 0 bridgehead atoms. The number of pyridine rings is 1. The van der Waals surface area contributed by atoms with Crippen LogP contribution in [0.25, 0.3) is 10.9 Å². The van der Waals surface area contributed by atoms with Crippen molar-refractivity contribution in [1.29, 1.82) is 0 Å². The molecule has 0 spiro atoms. The molecule has 4 rings (SSSR count). The monoisotopic (exact) mass is 335 g/mol. The van der Waals surface area contributed by atoms with E-state index < -0.39 is 0 Å². The zero-order valence-electron chi connectivity index (χ0n) is 14.3. The fourth-order valence-electron chi connectivity index (χ4n) is 3.55. The van der Waals surface area contributed by atoms with Gasteiger partial charge in [0.1, 0.15) is 0 Å². The van der Waals surface area contributed by atoms with Gasteiger partial charge in [-0.3, -0.25) is 9.78 Å². The van der Waals surface area contributed by atoms with Gasteiger partial charge in [0, 0.05) is 24.7 Å². The molecule has 2 aromatic heterocycles. The molecule has 1 saturated heterocycles. The Labute approximate surface area is 146 Å². The summed E-state index contributed by atoms with van der Waals surface area (Å²) in [6.45, 7) is 3.34. The van der Waals surface area contributed by atoms with E-state index in [0.717, 1.165) is 37.9 Å². The van der Waals surface area contributed by atoms with E-state index in [1.54, 1.807) is 6.92 Å². The van der Waals surface area contributed by atoms with Crippen LogP contribution in [0.15, 0.2) is 47.3 Å². The van der Waals surface area contributed by atoms with Crippen molar-refractivity contribution in [2.75, 3.05) is 13.1 Å². The van der Waals surface area contributed by atoms with Gasteiger partial charge in [0.15, 0.2) is 6.39 Å². The van der Waals surface area contributed by atoms with Gasteiger partial charge >= 0.3 is 0 Å². The summed E-state index contributed by atoms with van der Waals surface area (Å²) in [5, 5.41) is 1.19. The average Bonchev–Trinajstić information content (AvgIpc) is 3.08. The van der Waals surface area contributed by atoms with Crippen molar-refractivity contribution in [3.63, 3.8) is 0 Å². The smallest absolute Gasteiger partial charge is 0.291 e. The van der Waals surface area contributed by atoms with Crippen molar-refractivity contribution >= 4 is 16.8 Å². The number of hydrogen-bond donors (Lipinski definition) is 0. The molecule has 0 N–H and O–H groups in total. The summed E-state index contributed by atoms with van der Waals surface area (Å²) >= 11 is 0. The first-order chi connectivity index (χ1) is 12.2. The lowest BCUT2D eigenvalue weighted by atomic mass is 9.90. The van der Waals surface area contributed by atoms with Crippen LogP contribution in [0.3, 0.4) is 0 Å². The number of carbonyl (C=O) groups is 1. The van der Waals surface area contributed by atoms with Gasteiger partial charge in [0.25, 0.3) is 5.91 Å². The fourth-order valence-corrected chi connectivity index (χ4v) is 3.55. The molecular weight excluding hydrogens is 314 g/mol. The Morgan fingerprint density at radius 1 is 1.24 bits per heavy atom. The molecular formula is C20H21N3O2. The number of aryl methyl sites for hydroxylation is 1. The molecule has 3 heterocycles. The highest BCUT2D eigenvalue weighted by Gasteiger charge is 2.26. The number of para-hydroxylation sites is 1. The van der Waals surface area contributed by atoms with E-state index in [1.807, 2.05) is 29.3 Å². The van der Waals surface area contributed by atoms with Crippen molar-refractivity contribution < 1.29 is 9.21 Å². The van der Waals surface area contributed by atoms with Crippen LogP contribution in [-0.4, -0.2) is 33.9 Å². The van der Waals surface area contributed by atoms with Crippen LogP contribution in [0, 0.1) is 12.8 Å². The van der Waals surface area contributed by atoms with Crippen molar-refractivity contribution in [3.8, 4) is 0 Å². The lowest BCUT2D eigenvalue weighted by molar-refractivity contribution is 0.0657. The van der Waals surface area contributed by atoms with Crippen LogP contribution in [-0.2, 0) is 6.42 Å². The third-order valence-corrected chi connectivity index (χ3v) is 5.01. The third-order valence-electron chi connectivity index (χ3n) is 5.01. The topological polar surface area (TPSA) is 59.2 Å². The summed E-state index contributed by atoms with van der Waals surface area (Å²) in [5.74, 6) is 0.917. The van der Waals surface area contributed by atoms with E-state index in [-0.39, 0.29) is 5.91 Å². The summed E-state index contributed by atoms with van der Waals surface area (Å²) in [6, 6.07) is 10.4. The fraction of sp³-hybridized carbons (Fsp3) is 0.350.